The lowest BCUT2D eigenvalue weighted by atomic mass is 10.0. The summed E-state index contributed by atoms with van der Waals surface area (Å²) in [6.07, 6.45) is 1.39. The molecular formula is C29H32N4O4. The summed E-state index contributed by atoms with van der Waals surface area (Å²) in [4.78, 5) is 36.4. The van der Waals surface area contributed by atoms with Gasteiger partial charge < -0.3 is 15.4 Å². The van der Waals surface area contributed by atoms with Gasteiger partial charge in [0.05, 0.1) is 6.21 Å². The van der Waals surface area contributed by atoms with Crippen LogP contribution < -0.4 is 20.8 Å². The van der Waals surface area contributed by atoms with E-state index in [0.29, 0.717) is 17.2 Å². The summed E-state index contributed by atoms with van der Waals surface area (Å²) in [6.45, 7) is 8.23. The first-order valence-corrected chi connectivity index (χ1v) is 12.0. The Bertz CT molecular complexity index is 1280. The number of carbonyl (C=O) groups is 3. The van der Waals surface area contributed by atoms with Gasteiger partial charge in [0.2, 0.25) is 0 Å². The number of nitrogens with zero attached hydrogens (tertiary/aromatic N) is 1. The highest BCUT2D eigenvalue weighted by molar-refractivity contribution is 6.35. The lowest BCUT2D eigenvalue weighted by Gasteiger charge is -2.11. The van der Waals surface area contributed by atoms with E-state index in [4.69, 9.17) is 4.74 Å². The van der Waals surface area contributed by atoms with Crippen molar-refractivity contribution in [1.82, 2.24) is 10.7 Å². The Morgan fingerprint density at radius 2 is 1.68 bits per heavy atom. The van der Waals surface area contributed by atoms with Gasteiger partial charge in [-0.15, -0.1) is 0 Å². The molecule has 0 spiro atoms. The van der Waals surface area contributed by atoms with E-state index in [0.717, 1.165) is 22.4 Å². The molecule has 3 aromatic rings. The maximum absolute atomic E-state index is 12.3. The Hall–Kier alpha value is -4.46. The van der Waals surface area contributed by atoms with Crippen molar-refractivity contribution in [2.75, 3.05) is 11.9 Å². The van der Waals surface area contributed by atoms with Crippen molar-refractivity contribution in [1.29, 1.82) is 0 Å². The van der Waals surface area contributed by atoms with Crippen LogP contribution in [0.2, 0.25) is 0 Å². The van der Waals surface area contributed by atoms with E-state index < -0.39 is 11.8 Å². The quantitative estimate of drug-likeness (QED) is 0.232. The molecule has 0 saturated heterocycles. The zero-order valence-corrected chi connectivity index (χ0v) is 21.5. The van der Waals surface area contributed by atoms with Gasteiger partial charge in [0.1, 0.15) is 5.75 Å². The fourth-order valence-electron chi connectivity index (χ4n) is 3.41. The monoisotopic (exact) mass is 500 g/mol. The predicted molar refractivity (Wildman–Crippen MR) is 145 cm³/mol. The fourth-order valence-corrected chi connectivity index (χ4v) is 3.41. The van der Waals surface area contributed by atoms with E-state index in [9.17, 15) is 14.4 Å². The second-order valence-corrected chi connectivity index (χ2v) is 8.93. The van der Waals surface area contributed by atoms with E-state index in [1.807, 2.05) is 56.3 Å². The number of hydrogen-bond donors (Lipinski definition) is 3. The minimum atomic E-state index is -0.870. The molecule has 3 N–H and O–H groups in total. The second kappa shape index (κ2) is 13.0. The standard InChI is InChI=1S/C29H32N4O4/c1-19(2)24-13-11-22(12-14-24)16-30-28(35)29(36)33-31-17-23-8-6-9-25(15-23)37-18-27(34)32-26-10-5-7-20(3)21(26)4/h5-15,17,19H,16,18H2,1-4H3,(H,30,35)(H,32,34)(H,33,36)/b31-17-. The van der Waals surface area contributed by atoms with Crippen LogP contribution in [0.3, 0.4) is 0 Å². The number of aryl methyl sites for hydroxylation is 1. The molecule has 0 heterocycles. The second-order valence-electron chi connectivity index (χ2n) is 8.93. The number of hydrogen-bond acceptors (Lipinski definition) is 5. The Kier molecular flexibility index (Phi) is 9.55. The Labute approximate surface area is 217 Å². The molecule has 0 aliphatic carbocycles. The molecule has 8 nitrogen and oxygen atoms in total. The Morgan fingerprint density at radius 3 is 2.41 bits per heavy atom. The van der Waals surface area contributed by atoms with Crippen LogP contribution in [0, 0.1) is 13.8 Å². The van der Waals surface area contributed by atoms with Crippen LogP contribution in [0.25, 0.3) is 0 Å². The number of carbonyl (C=O) groups excluding carboxylic acids is 3. The van der Waals surface area contributed by atoms with Gasteiger partial charge in [-0.2, -0.15) is 5.10 Å². The molecule has 192 valence electrons. The largest absolute Gasteiger partial charge is 0.484 e. The molecule has 0 unspecified atom stereocenters. The van der Waals surface area contributed by atoms with Gasteiger partial charge in [0, 0.05) is 12.2 Å². The number of amides is 3. The van der Waals surface area contributed by atoms with Crippen LogP contribution in [0.4, 0.5) is 5.69 Å². The molecule has 0 aromatic heterocycles. The SMILES string of the molecule is Cc1cccc(NC(=O)COc2cccc(/C=N\NC(=O)C(=O)NCc3ccc(C(C)C)cc3)c2)c1C. The van der Waals surface area contributed by atoms with Crippen molar-refractivity contribution in [3.63, 3.8) is 0 Å². The zero-order valence-electron chi connectivity index (χ0n) is 21.5. The number of anilines is 1. The van der Waals surface area contributed by atoms with Gasteiger partial charge in [-0.1, -0.05) is 62.4 Å². The molecule has 37 heavy (non-hydrogen) atoms. The van der Waals surface area contributed by atoms with E-state index in [1.165, 1.54) is 11.8 Å². The number of ether oxygens (including phenoxy) is 1. The van der Waals surface area contributed by atoms with Crippen LogP contribution in [-0.2, 0) is 20.9 Å². The molecule has 0 bridgehead atoms. The molecule has 0 saturated carbocycles. The smallest absolute Gasteiger partial charge is 0.329 e. The normalized spacial score (nSPS) is 10.8. The maximum Gasteiger partial charge on any atom is 0.329 e. The van der Waals surface area contributed by atoms with Crippen molar-refractivity contribution >= 4 is 29.6 Å². The summed E-state index contributed by atoms with van der Waals surface area (Å²) in [5.41, 5.74) is 7.78. The summed E-state index contributed by atoms with van der Waals surface area (Å²) < 4.78 is 5.59. The summed E-state index contributed by atoms with van der Waals surface area (Å²) in [6, 6.07) is 20.4. The molecule has 0 aliphatic rings. The summed E-state index contributed by atoms with van der Waals surface area (Å²) in [5.74, 6) is -1.04. The van der Waals surface area contributed by atoms with E-state index >= 15 is 0 Å². The van der Waals surface area contributed by atoms with Gasteiger partial charge in [-0.25, -0.2) is 5.43 Å². The van der Waals surface area contributed by atoms with Crippen LogP contribution >= 0.6 is 0 Å². The average Bonchev–Trinajstić information content (AvgIpc) is 2.89. The van der Waals surface area contributed by atoms with Crippen LogP contribution in [0.1, 0.15) is 47.6 Å². The molecule has 3 rings (SSSR count). The minimum absolute atomic E-state index is 0.162. The molecule has 0 radical (unpaired) electrons. The Morgan fingerprint density at radius 1 is 0.946 bits per heavy atom. The third-order valence-electron chi connectivity index (χ3n) is 5.79. The molecule has 0 aliphatic heterocycles. The van der Waals surface area contributed by atoms with E-state index in [-0.39, 0.29) is 19.1 Å². The van der Waals surface area contributed by atoms with E-state index in [1.54, 1.807) is 24.3 Å². The van der Waals surface area contributed by atoms with Crippen LogP contribution in [-0.4, -0.2) is 30.5 Å². The highest BCUT2D eigenvalue weighted by Gasteiger charge is 2.12. The molecule has 3 aromatic carbocycles. The number of rotatable bonds is 9. The van der Waals surface area contributed by atoms with Gasteiger partial charge in [-0.3, -0.25) is 14.4 Å². The first-order valence-electron chi connectivity index (χ1n) is 12.0. The molecule has 3 amide bonds. The van der Waals surface area contributed by atoms with E-state index in [2.05, 4.69) is 35.0 Å². The molecule has 8 heteroatoms. The summed E-state index contributed by atoms with van der Waals surface area (Å²) in [7, 11) is 0. The minimum Gasteiger partial charge on any atom is -0.484 e. The van der Waals surface area contributed by atoms with Crippen LogP contribution in [0.5, 0.6) is 5.75 Å². The zero-order chi connectivity index (χ0) is 26.8. The third kappa shape index (κ3) is 8.31. The van der Waals surface area contributed by atoms with Gasteiger partial charge in [-0.05, 0) is 65.8 Å². The van der Waals surface area contributed by atoms with Gasteiger partial charge in [0.25, 0.3) is 5.91 Å². The number of hydrazone groups is 1. The van der Waals surface area contributed by atoms with Gasteiger partial charge in [0.15, 0.2) is 6.61 Å². The lowest BCUT2D eigenvalue weighted by molar-refractivity contribution is -0.139. The highest BCUT2D eigenvalue weighted by atomic mass is 16.5. The number of nitrogens with one attached hydrogen (secondary N) is 3. The van der Waals surface area contributed by atoms with Gasteiger partial charge >= 0.3 is 11.8 Å². The van der Waals surface area contributed by atoms with Crippen molar-refractivity contribution in [3.8, 4) is 5.75 Å². The van der Waals surface area contributed by atoms with Crippen molar-refractivity contribution in [3.05, 3.63) is 94.5 Å². The maximum atomic E-state index is 12.3. The summed E-state index contributed by atoms with van der Waals surface area (Å²) >= 11 is 0. The average molecular weight is 501 g/mol. The van der Waals surface area contributed by atoms with Crippen molar-refractivity contribution < 1.29 is 19.1 Å². The van der Waals surface area contributed by atoms with Crippen molar-refractivity contribution in [2.45, 2.75) is 40.2 Å². The molecular weight excluding hydrogens is 468 g/mol. The highest BCUT2D eigenvalue weighted by Crippen LogP contribution is 2.18. The first-order chi connectivity index (χ1) is 17.7. The first kappa shape index (κ1) is 27.1. The van der Waals surface area contributed by atoms with Crippen molar-refractivity contribution in [2.24, 2.45) is 5.10 Å². The molecule has 0 fully saturated rings. The molecule has 0 atom stereocenters. The Balaban J connectivity index is 1.44. The topological polar surface area (TPSA) is 109 Å². The number of benzene rings is 3. The lowest BCUT2D eigenvalue weighted by Crippen LogP contribution is -2.37. The fraction of sp³-hybridized carbons (Fsp3) is 0.241. The van der Waals surface area contributed by atoms with Crippen LogP contribution in [0.15, 0.2) is 71.8 Å². The predicted octanol–water partition coefficient (Wildman–Crippen LogP) is 4.21. The third-order valence-corrected chi connectivity index (χ3v) is 5.79. The summed E-state index contributed by atoms with van der Waals surface area (Å²) in [5, 5.41) is 9.26.